The number of carbonyl (C=O) groups is 1. The summed E-state index contributed by atoms with van der Waals surface area (Å²) in [4.78, 5) is 15.9. The first-order valence-electron chi connectivity index (χ1n) is 10.2. The van der Waals surface area contributed by atoms with Crippen molar-refractivity contribution in [3.05, 3.63) is 65.2 Å². The number of aromatic nitrogens is 2. The Morgan fingerprint density at radius 2 is 1.97 bits per heavy atom. The van der Waals surface area contributed by atoms with Crippen LogP contribution in [0.2, 0.25) is 0 Å². The number of rotatable bonds is 5. The van der Waals surface area contributed by atoms with Crippen LogP contribution in [-0.2, 0) is 6.54 Å². The summed E-state index contributed by atoms with van der Waals surface area (Å²) in [6.45, 7) is 3.75. The predicted octanol–water partition coefficient (Wildman–Crippen LogP) is 3.11. The van der Waals surface area contributed by atoms with Crippen molar-refractivity contribution in [3.63, 3.8) is 0 Å². The molecule has 2 N–H and O–H groups in total. The molecule has 0 bridgehead atoms. The highest BCUT2D eigenvalue weighted by atomic mass is 32.1. The molecular formula is C22H25N5OS. The Kier molecular flexibility index (Phi) is 5.18. The van der Waals surface area contributed by atoms with E-state index in [4.69, 9.17) is 5.10 Å². The van der Waals surface area contributed by atoms with Gasteiger partial charge in [-0.3, -0.25) is 15.0 Å². The Morgan fingerprint density at radius 3 is 2.72 bits per heavy atom. The summed E-state index contributed by atoms with van der Waals surface area (Å²) in [6.07, 6.45) is 2.21. The Morgan fingerprint density at radius 1 is 1.14 bits per heavy atom. The minimum Gasteiger partial charge on any atom is -0.347 e. The van der Waals surface area contributed by atoms with Crippen LogP contribution >= 0.6 is 11.3 Å². The molecule has 0 aliphatic carbocycles. The number of nitrogens with zero attached hydrogens (tertiary/aromatic N) is 3. The fourth-order valence-electron chi connectivity index (χ4n) is 4.21. The number of thiophene rings is 1. The van der Waals surface area contributed by atoms with Crippen LogP contribution in [0.4, 0.5) is 0 Å². The van der Waals surface area contributed by atoms with Gasteiger partial charge in [0, 0.05) is 12.6 Å². The quantitative estimate of drug-likeness (QED) is 0.682. The summed E-state index contributed by atoms with van der Waals surface area (Å²) in [6, 6.07) is 17.1. The standard InChI is InChI=1S/C22H25N5OS/c28-22-19-13-18(20-7-4-12-29-20)25-27(19)21(14-23-22)24-17-8-10-26(11-9-17)15-16-5-2-1-3-6-16/h1-7,12-13,17,21,24H,8-11,14-15H2,(H,23,28). The maximum absolute atomic E-state index is 12.3. The first kappa shape index (κ1) is 18.5. The van der Waals surface area contributed by atoms with Crippen LogP contribution in [0, 0.1) is 0 Å². The summed E-state index contributed by atoms with van der Waals surface area (Å²) in [5.41, 5.74) is 2.88. The van der Waals surface area contributed by atoms with Gasteiger partial charge in [-0.1, -0.05) is 36.4 Å². The molecule has 0 saturated carbocycles. The van der Waals surface area contributed by atoms with E-state index in [2.05, 4.69) is 45.9 Å². The third kappa shape index (κ3) is 3.99. The zero-order valence-electron chi connectivity index (χ0n) is 16.3. The second-order valence-electron chi connectivity index (χ2n) is 7.77. The Balaban J connectivity index is 1.23. The predicted molar refractivity (Wildman–Crippen MR) is 115 cm³/mol. The molecule has 1 atom stereocenters. The molecule has 1 amide bonds. The second kappa shape index (κ2) is 8.10. The highest BCUT2D eigenvalue weighted by molar-refractivity contribution is 7.13. The van der Waals surface area contributed by atoms with E-state index in [-0.39, 0.29) is 12.1 Å². The largest absolute Gasteiger partial charge is 0.347 e. The van der Waals surface area contributed by atoms with E-state index < -0.39 is 0 Å². The lowest BCUT2D eigenvalue weighted by atomic mass is 10.0. The van der Waals surface area contributed by atoms with Crippen LogP contribution in [0.1, 0.15) is 35.1 Å². The second-order valence-corrected chi connectivity index (χ2v) is 8.71. The van der Waals surface area contributed by atoms with Crippen molar-refractivity contribution in [1.82, 2.24) is 25.3 Å². The Labute approximate surface area is 174 Å². The summed E-state index contributed by atoms with van der Waals surface area (Å²) in [7, 11) is 0. The van der Waals surface area contributed by atoms with Gasteiger partial charge in [0.15, 0.2) is 0 Å². The molecule has 150 valence electrons. The molecule has 6 nitrogen and oxygen atoms in total. The van der Waals surface area contributed by atoms with E-state index in [9.17, 15) is 4.79 Å². The van der Waals surface area contributed by atoms with Gasteiger partial charge >= 0.3 is 0 Å². The van der Waals surface area contributed by atoms with Gasteiger partial charge in [0.2, 0.25) is 0 Å². The van der Waals surface area contributed by atoms with E-state index >= 15 is 0 Å². The number of piperidine rings is 1. The van der Waals surface area contributed by atoms with Crippen molar-refractivity contribution in [2.75, 3.05) is 19.6 Å². The third-order valence-corrected chi connectivity index (χ3v) is 6.65. The molecule has 2 aliphatic heterocycles. The van der Waals surface area contributed by atoms with Crippen LogP contribution in [0.3, 0.4) is 0 Å². The van der Waals surface area contributed by atoms with E-state index in [1.54, 1.807) is 11.3 Å². The van der Waals surface area contributed by atoms with Gasteiger partial charge in [-0.25, -0.2) is 4.68 Å². The monoisotopic (exact) mass is 407 g/mol. The van der Waals surface area contributed by atoms with Crippen molar-refractivity contribution in [2.24, 2.45) is 0 Å². The fourth-order valence-corrected chi connectivity index (χ4v) is 4.90. The molecule has 4 heterocycles. The van der Waals surface area contributed by atoms with Gasteiger partial charge in [-0.2, -0.15) is 5.10 Å². The molecule has 3 aromatic rings. The van der Waals surface area contributed by atoms with Gasteiger partial charge in [-0.05, 0) is 49.0 Å². The summed E-state index contributed by atoms with van der Waals surface area (Å²) >= 11 is 1.64. The topological polar surface area (TPSA) is 62.2 Å². The molecule has 1 unspecified atom stereocenters. The molecule has 1 saturated heterocycles. The number of benzene rings is 1. The molecule has 5 rings (SSSR count). The van der Waals surface area contributed by atoms with Crippen molar-refractivity contribution in [2.45, 2.75) is 31.6 Å². The smallest absolute Gasteiger partial charge is 0.269 e. The first-order chi connectivity index (χ1) is 14.3. The van der Waals surface area contributed by atoms with Gasteiger partial charge < -0.3 is 5.32 Å². The Hall–Kier alpha value is -2.48. The van der Waals surface area contributed by atoms with Crippen LogP contribution in [0.5, 0.6) is 0 Å². The molecule has 2 aliphatic rings. The normalized spacial score (nSPS) is 20.4. The number of hydrogen-bond acceptors (Lipinski definition) is 5. The molecule has 2 aromatic heterocycles. The van der Waals surface area contributed by atoms with E-state index in [0.717, 1.165) is 43.0 Å². The molecular weight excluding hydrogens is 382 g/mol. The molecule has 0 radical (unpaired) electrons. The minimum atomic E-state index is -0.0453. The first-order valence-corrected chi connectivity index (χ1v) is 11.1. The highest BCUT2D eigenvalue weighted by Gasteiger charge is 2.30. The number of carbonyl (C=O) groups excluding carboxylic acids is 1. The molecule has 1 fully saturated rings. The van der Waals surface area contributed by atoms with E-state index in [1.807, 2.05) is 28.3 Å². The lowest BCUT2D eigenvalue weighted by Gasteiger charge is -2.36. The summed E-state index contributed by atoms with van der Waals surface area (Å²) in [5, 5.41) is 13.5. The van der Waals surface area contributed by atoms with Gasteiger partial charge in [0.25, 0.3) is 5.91 Å². The van der Waals surface area contributed by atoms with Gasteiger partial charge in [-0.15, -0.1) is 11.3 Å². The SMILES string of the molecule is O=C1NCC(NC2CCN(Cc3ccccc3)CC2)n2nc(-c3cccs3)cc21. The number of fused-ring (bicyclic) bond motifs is 1. The summed E-state index contributed by atoms with van der Waals surface area (Å²) in [5.74, 6) is -0.0453. The lowest BCUT2D eigenvalue weighted by Crippen LogP contribution is -2.50. The molecule has 7 heteroatoms. The maximum Gasteiger partial charge on any atom is 0.269 e. The van der Waals surface area contributed by atoms with Crippen molar-refractivity contribution >= 4 is 17.2 Å². The van der Waals surface area contributed by atoms with E-state index in [0.29, 0.717) is 18.3 Å². The number of nitrogens with one attached hydrogen (secondary N) is 2. The molecule has 29 heavy (non-hydrogen) atoms. The third-order valence-electron chi connectivity index (χ3n) is 5.76. The zero-order chi connectivity index (χ0) is 19.6. The van der Waals surface area contributed by atoms with Crippen LogP contribution < -0.4 is 10.6 Å². The van der Waals surface area contributed by atoms with Crippen LogP contribution in [0.25, 0.3) is 10.6 Å². The number of likely N-dealkylation sites (tertiary alicyclic amines) is 1. The van der Waals surface area contributed by atoms with Crippen molar-refractivity contribution in [3.8, 4) is 10.6 Å². The average Bonchev–Trinajstić information content (AvgIpc) is 3.43. The van der Waals surface area contributed by atoms with E-state index in [1.165, 1.54) is 5.56 Å². The summed E-state index contributed by atoms with van der Waals surface area (Å²) < 4.78 is 1.88. The minimum absolute atomic E-state index is 0.00193. The molecule has 0 spiro atoms. The molecule has 1 aromatic carbocycles. The highest BCUT2D eigenvalue weighted by Crippen LogP contribution is 2.27. The van der Waals surface area contributed by atoms with Gasteiger partial charge in [0.1, 0.15) is 17.6 Å². The fraction of sp³-hybridized carbons (Fsp3) is 0.364. The maximum atomic E-state index is 12.3. The number of hydrogen-bond donors (Lipinski definition) is 2. The van der Waals surface area contributed by atoms with Crippen molar-refractivity contribution in [1.29, 1.82) is 0 Å². The zero-order valence-corrected chi connectivity index (χ0v) is 17.1. The Bertz CT molecular complexity index is 961. The van der Waals surface area contributed by atoms with Crippen LogP contribution in [-0.4, -0.2) is 46.3 Å². The van der Waals surface area contributed by atoms with Crippen molar-refractivity contribution < 1.29 is 4.79 Å². The number of amides is 1. The van der Waals surface area contributed by atoms with Gasteiger partial charge in [0.05, 0.1) is 11.4 Å². The van der Waals surface area contributed by atoms with Crippen LogP contribution in [0.15, 0.2) is 53.9 Å². The average molecular weight is 408 g/mol. The lowest BCUT2D eigenvalue weighted by molar-refractivity contribution is 0.0887.